The molecule has 3 N–H and O–H groups in total. The van der Waals surface area contributed by atoms with E-state index in [0.717, 1.165) is 61.1 Å². The fraction of sp³-hybridized carbons (Fsp3) is 0.480. The molecule has 8 heteroatoms. The van der Waals surface area contributed by atoms with Gasteiger partial charge in [-0.1, -0.05) is 17.7 Å². The molecule has 33 heavy (non-hydrogen) atoms. The largest absolute Gasteiger partial charge is 0.385 e. The Labute approximate surface area is 194 Å². The van der Waals surface area contributed by atoms with Crippen molar-refractivity contribution in [2.75, 3.05) is 25.0 Å². The van der Waals surface area contributed by atoms with Crippen LogP contribution in [0.5, 0.6) is 0 Å². The zero-order valence-corrected chi connectivity index (χ0v) is 19.3. The van der Waals surface area contributed by atoms with Crippen molar-refractivity contribution in [3.8, 4) is 0 Å². The summed E-state index contributed by atoms with van der Waals surface area (Å²) in [6.45, 7) is 4.00. The van der Waals surface area contributed by atoms with Crippen LogP contribution in [0.3, 0.4) is 0 Å². The number of aliphatic hydroxyl groups is 1. The van der Waals surface area contributed by atoms with Crippen LogP contribution in [0.1, 0.15) is 36.8 Å². The number of anilines is 1. The molecule has 5 rings (SSSR count). The second-order valence-electron chi connectivity index (χ2n) is 9.57. The highest BCUT2D eigenvalue weighted by Crippen LogP contribution is 2.39. The van der Waals surface area contributed by atoms with E-state index in [4.69, 9.17) is 0 Å². The van der Waals surface area contributed by atoms with E-state index in [1.54, 1.807) is 12.4 Å². The number of rotatable bonds is 6. The Morgan fingerprint density at radius 1 is 1.24 bits per heavy atom. The Hall–Kier alpha value is -2.97. The van der Waals surface area contributed by atoms with Gasteiger partial charge in [-0.3, -0.25) is 19.4 Å². The molecule has 2 fully saturated rings. The zero-order chi connectivity index (χ0) is 23.0. The molecule has 8 nitrogen and oxygen atoms in total. The van der Waals surface area contributed by atoms with E-state index < -0.39 is 5.60 Å². The Kier molecular flexibility index (Phi) is 5.80. The third-order valence-corrected chi connectivity index (χ3v) is 7.19. The molecular formula is C25H32N6O2. The van der Waals surface area contributed by atoms with Gasteiger partial charge in [0, 0.05) is 49.5 Å². The van der Waals surface area contributed by atoms with Crippen molar-refractivity contribution >= 4 is 22.6 Å². The first-order valence-electron chi connectivity index (χ1n) is 11.7. The molecule has 3 heterocycles. The van der Waals surface area contributed by atoms with Gasteiger partial charge in [-0.15, -0.1) is 0 Å². The molecule has 0 radical (unpaired) electrons. The lowest BCUT2D eigenvalue weighted by atomic mass is 9.77. The molecule has 3 aromatic rings. The van der Waals surface area contributed by atoms with Crippen molar-refractivity contribution in [3.63, 3.8) is 0 Å². The molecule has 1 saturated heterocycles. The van der Waals surface area contributed by atoms with Gasteiger partial charge in [-0.25, -0.2) is 0 Å². The van der Waals surface area contributed by atoms with Gasteiger partial charge in [-0.2, -0.15) is 5.10 Å². The molecule has 174 valence electrons. The number of benzene rings is 1. The average molecular weight is 449 g/mol. The average Bonchev–Trinajstić information content (AvgIpc) is 3.10. The van der Waals surface area contributed by atoms with E-state index in [-0.39, 0.29) is 18.5 Å². The summed E-state index contributed by atoms with van der Waals surface area (Å²) in [7, 11) is 1.91. The lowest BCUT2D eigenvalue weighted by Crippen LogP contribution is -2.63. The molecule has 1 saturated carbocycles. The number of nitrogens with one attached hydrogen (secondary N) is 2. The molecule has 0 unspecified atom stereocenters. The highest BCUT2D eigenvalue weighted by Gasteiger charge is 2.40. The number of aromatic nitrogens is 3. The molecule has 1 aliphatic carbocycles. The number of amides is 1. The summed E-state index contributed by atoms with van der Waals surface area (Å²) >= 11 is 0. The molecular weight excluding hydrogens is 416 g/mol. The van der Waals surface area contributed by atoms with Gasteiger partial charge in [0.1, 0.15) is 0 Å². The Morgan fingerprint density at radius 2 is 2.03 bits per heavy atom. The molecule has 0 spiro atoms. The maximum absolute atomic E-state index is 12.5. The highest BCUT2D eigenvalue weighted by atomic mass is 16.3. The Morgan fingerprint density at radius 3 is 2.76 bits per heavy atom. The fourth-order valence-corrected chi connectivity index (χ4v) is 5.23. The van der Waals surface area contributed by atoms with Gasteiger partial charge in [0.05, 0.1) is 23.7 Å². The second-order valence-corrected chi connectivity index (χ2v) is 9.57. The minimum absolute atomic E-state index is 0.0132. The summed E-state index contributed by atoms with van der Waals surface area (Å²) in [4.78, 5) is 19.1. The summed E-state index contributed by atoms with van der Waals surface area (Å²) in [5.41, 5.74) is 2.36. The van der Waals surface area contributed by atoms with Crippen LogP contribution < -0.4 is 10.6 Å². The van der Waals surface area contributed by atoms with Gasteiger partial charge in [0.25, 0.3) is 0 Å². The lowest BCUT2D eigenvalue weighted by Gasteiger charge is -2.48. The maximum atomic E-state index is 12.5. The Balaban J connectivity index is 1.07. The normalized spacial score (nSPS) is 23.9. The monoisotopic (exact) mass is 448 g/mol. The predicted octanol–water partition coefficient (Wildman–Crippen LogP) is 2.32. The zero-order valence-electron chi connectivity index (χ0n) is 19.3. The highest BCUT2D eigenvalue weighted by molar-refractivity contribution is 5.92. The van der Waals surface area contributed by atoms with Gasteiger partial charge in [-0.05, 0) is 50.8 Å². The number of likely N-dealkylation sites (tertiary alicyclic amines) is 1. The van der Waals surface area contributed by atoms with Crippen molar-refractivity contribution in [2.45, 2.75) is 50.3 Å². The van der Waals surface area contributed by atoms with Crippen LogP contribution in [-0.4, -0.2) is 62.4 Å². The van der Waals surface area contributed by atoms with Crippen LogP contribution >= 0.6 is 0 Å². The van der Waals surface area contributed by atoms with Gasteiger partial charge >= 0.3 is 0 Å². The van der Waals surface area contributed by atoms with Crippen LogP contribution in [0.15, 0.2) is 42.7 Å². The lowest BCUT2D eigenvalue weighted by molar-refractivity contribution is -0.121. The topological polar surface area (TPSA) is 95.3 Å². The third kappa shape index (κ3) is 4.45. The summed E-state index contributed by atoms with van der Waals surface area (Å²) in [5, 5.41) is 22.9. The van der Waals surface area contributed by atoms with Gasteiger partial charge in [0.2, 0.25) is 5.91 Å². The number of aryl methyl sites for hydroxylation is 2. The molecule has 1 aliphatic heterocycles. The second kappa shape index (κ2) is 8.76. The van der Waals surface area contributed by atoms with Crippen LogP contribution in [0.2, 0.25) is 0 Å². The first kappa shape index (κ1) is 21.9. The van der Waals surface area contributed by atoms with Crippen molar-refractivity contribution in [3.05, 3.63) is 53.9 Å². The first-order chi connectivity index (χ1) is 15.9. The number of hydrogen-bond donors (Lipinski definition) is 3. The molecule has 0 bridgehead atoms. The van der Waals surface area contributed by atoms with Crippen LogP contribution in [-0.2, 0) is 17.4 Å². The van der Waals surface area contributed by atoms with Crippen molar-refractivity contribution in [1.29, 1.82) is 0 Å². The number of carbonyl (C=O) groups excluding carboxylic acids is 1. The summed E-state index contributed by atoms with van der Waals surface area (Å²) < 4.78 is 1.83. The van der Waals surface area contributed by atoms with E-state index in [1.165, 1.54) is 5.56 Å². The predicted molar refractivity (Wildman–Crippen MR) is 128 cm³/mol. The number of fused-ring (bicyclic) bond motifs is 1. The van der Waals surface area contributed by atoms with E-state index in [1.807, 2.05) is 23.9 Å². The molecule has 1 aromatic carbocycles. The van der Waals surface area contributed by atoms with Crippen molar-refractivity contribution < 1.29 is 9.90 Å². The minimum atomic E-state index is -0.761. The van der Waals surface area contributed by atoms with Crippen LogP contribution in [0.25, 0.3) is 10.9 Å². The number of pyridine rings is 1. The smallest absolute Gasteiger partial charge is 0.239 e. The van der Waals surface area contributed by atoms with Crippen molar-refractivity contribution in [2.24, 2.45) is 7.05 Å². The Bertz CT molecular complexity index is 1130. The molecule has 2 aliphatic rings. The van der Waals surface area contributed by atoms with E-state index in [9.17, 15) is 9.90 Å². The number of nitrogens with zero attached hydrogens (tertiary/aromatic N) is 4. The number of carbonyl (C=O) groups is 1. The van der Waals surface area contributed by atoms with E-state index >= 15 is 0 Å². The minimum Gasteiger partial charge on any atom is -0.385 e. The third-order valence-electron chi connectivity index (χ3n) is 7.19. The van der Waals surface area contributed by atoms with Crippen molar-refractivity contribution in [1.82, 2.24) is 25.0 Å². The molecule has 1 amide bonds. The van der Waals surface area contributed by atoms with Crippen LogP contribution in [0.4, 0.5) is 5.82 Å². The number of hydrogen-bond acceptors (Lipinski definition) is 6. The SMILES string of the molecule is Cc1ccc2c(c1)c(NCC(=O)NC1CN([C@H]3CC[C@@](O)(c4cccnc4)CC3)C1)nn2C. The van der Waals surface area contributed by atoms with Gasteiger partial charge in [0.15, 0.2) is 5.82 Å². The standard InChI is InChI=1S/C25H32N6O2/c1-17-5-6-22-21(12-17)24(29-30(22)2)27-14-23(32)28-19-15-31(16-19)20-7-9-25(33,10-8-20)18-4-3-11-26-13-18/h3-6,11-13,19-20,33H,7-10,14-16H2,1-2H3,(H,27,29)(H,28,32)/t20-,25-. The van der Waals surface area contributed by atoms with E-state index in [0.29, 0.717) is 6.04 Å². The first-order valence-corrected chi connectivity index (χ1v) is 11.7. The maximum Gasteiger partial charge on any atom is 0.239 e. The molecule has 2 aromatic heterocycles. The summed E-state index contributed by atoms with van der Waals surface area (Å²) in [6.07, 6.45) is 6.93. The van der Waals surface area contributed by atoms with Gasteiger partial charge < -0.3 is 15.7 Å². The summed E-state index contributed by atoms with van der Waals surface area (Å²) in [5.74, 6) is 0.727. The summed E-state index contributed by atoms with van der Waals surface area (Å²) in [6, 6.07) is 10.7. The molecule has 0 atom stereocenters. The van der Waals surface area contributed by atoms with Crippen LogP contribution in [0, 0.1) is 6.92 Å². The van der Waals surface area contributed by atoms with E-state index in [2.05, 4.69) is 50.7 Å². The quantitative estimate of drug-likeness (QED) is 0.536. The fourth-order valence-electron chi connectivity index (χ4n) is 5.23.